The minimum absolute atomic E-state index is 0.00855. The van der Waals surface area contributed by atoms with E-state index in [0.29, 0.717) is 0 Å². The zero-order valence-corrected chi connectivity index (χ0v) is 14.1. The quantitative estimate of drug-likeness (QED) is 0.545. The summed E-state index contributed by atoms with van der Waals surface area (Å²) in [6.45, 7) is 6.74. The van der Waals surface area contributed by atoms with E-state index in [1.54, 1.807) is 11.3 Å². The Bertz CT molecular complexity index is 724. The molecule has 2 heteroatoms. The highest BCUT2D eigenvalue weighted by molar-refractivity contribution is 7.08. The van der Waals surface area contributed by atoms with Crippen molar-refractivity contribution >= 4 is 22.7 Å². The second-order valence-electron chi connectivity index (χ2n) is 6.40. The van der Waals surface area contributed by atoms with Crippen molar-refractivity contribution in [1.29, 1.82) is 0 Å². The number of para-hydroxylation sites is 1. The zero-order chi connectivity index (χ0) is 15.6. The number of anilines is 2. The van der Waals surface area contributed by atoms with Crippen LogP contribution >= 0.6 is 11.3 Å². The average molecular weight is 307 g/mol. The van der Waals surface area contributed by atoms with Crippen LogP contribution in [0.15, 0.2) is 71.4 Å². The Balaban J connectivity index is 2.08. The maximum Gasteiger partial charge on any atom is 0.0422 e. The largest absolute Gasteiger partial charge is 0.336 e. The third-order valence-electron chi connectivity index (χ3n) is 3.64. The summed E-state index contributed by atoms with van der Waals surface area (Å²) in [5, 5.41) is 4.32. The van der Waals surface area contributed by atoms with Crippen molar-refractivity contribution in [1.82, 2.24) is 0 Å². The molecular formula is C20H21NS. The molecular weight excluding hydrogens is 286 g/mol. The van der Waals surface area contributed by atoms with Crippen LogP contribution in [0.4, 0.5) is 11.4 Å². The van der Waals surface area contributed by atoms with Crippen LogP contribution in [-0.4, -0.2) is 5.54 Å². The molecule has 112 valence electrons. The predicted molar refractivity (Wildman–Crippen MR) is 98.1 cm³/mol. The SMILES string of the molecule is CC(C)(C)N(c1ccccc1)c1cccc(-c2ccsc2)c1. The summed E-state index contributed by atoms with van der Waals surface area (Å²) in [7, 11) is 0. The zero-order valence-electron chi connectivity index (χ0n) is 13.3. The van der Waals surface area contributed by atoms with Crippen molar-refractivity contribution < 1.29 is 0 Å². The van der Waals surface area contributed by atoms with Gasteiger partial charge in [-0.25, -0.2) is 0 Å². The molecule has 1 nitrogen and oxygen atoms in total. The molecule has 3 rings (SSSR count). The van der Waals surface area contributed by atoms with E-state index in [9.17, 15) is 0 Å². The Morgan fingerprint density at radius 2 is 1.50 bits per heavy atom. The molecule has 0 N–H and O–H groups in total. The van der Waals surface area contributed by atoms with Gasteiger partial charge in [-0.2, -0.15) is 11.3 Å². The molecule has 0 amide bonds. The van der Waals surface area contributed by atoms with E-state index in [1.807, 2.05) is 0 Å². The molecule has 22 heavy (non-hydrogen) atoms. The maximum absolute atomic E-state index is 2.39. The number of rotatable bonds is 3. The van der Waals surface area contributed by atoms with Gasteiger partial charge in [-0.1, -0.05) is 30.3 Å². The minimum Gasteiger partial charge on any atom is -0.336 e. The lowest BCUT2D eigenvalue weighted by Crippen LogP contribution is -2.37. The molecule has 2 aromatic carbocycles. The lowest BCUT2D eigenvalue weighted by Gasteiger charge is -2.38. The molecule has 1 heterocycles. The van der Waals surface area contributed by atoms with Crippen molar-refractivity contribution in [2.24, 2.45) is 0 Å². The monoisotopic (exact) mass is 307 g/mol. The summed E-state index contributed by atoms with van der Waals surface area (Å²) in [5.74, 6) is 0. The van der Waals surface area contributed by atoms with Gasteiger partial charge in [0.15, 0.2) is 0 Å². The number of hydrogen-bond donors (Lipinski definition) is 0. The van der Waals surface area contributed by atoms with E-state index in [2.05, 4.69) is 97.1 Å². The van der Waals surface area contributed by atoms with Crippen LogP contribution in [0, 0.1) is 0 Å². The molecule has 0 aliphatic rings. The molecule has 0 saturated carbocycles. The molecule has 0 saturated heterocycles. The van der Waals surface area contributed by atoms with Crippen LogP contribution in [0.3, 0.4) is 0 Å². The molecule has 0 aliphatic heterocycles. The Labute approximate surface area is 136 Å². The van der Waals surface area contributed by atoms with Gasteiger partial charge in [0.05, 0.1) is 0 Å². The fraction of sp³-hybridized carbons (Fsp3) is 0.200. The van der Waals surface area contributed by atoms with Gasteiger partial charge < -0.3 is 4.90 Å². The van der Waals surface area contributed by atoms with Crippen LogP contribution in [-0.2, 0) is 0 Å². The van der Waals surface area contributed by atoms with E-state index in [0.717, 1.165) is 0 Å². The van der Waals surface area contributed by atoms with E-state index in [1.165, 1.54) is 22.5 Å². The Kier molecular flexibility index (Phi) is 4.04. The Morgan fingerprint density at radius 1 is 0.773 bits per heavy atom. The standard InChI is InChI=1S/C20H21NS/c1-20(2,3)21(18-9-5-4-6-10-18)19-11-7-8-16(14-19)17-12-13-22-15-17/h4-15H,1-3H3. The molecule has 0 spiro atoms. The molecule has 3 aromatic rings. The van der Waals surface area contributed by atoms with Gasteiger partial charge in [-0.05, 0) is 73.0 Å². The third kappa shape index (κ3) is 3.07. The Morgan fingerprint density at radius 3 is 2.14 bits per heavy atom. The predicted octanol–water partition coefficient (Wildman–Crippen LogP) is 6.35. The van der Waals surface area contributed by atoms with Gasteiger partial charge in [0.2, 0.25) is 0 Å². The summed E-state index contributed by atoms with van der Waals surface area (Å²) in [5.41, 5.74) is 5.01. The van der Waals surface area contributed by atoms with Gasteiger partial charge in [0.1, 0.15) is 0 Å². The first-order valence-electron chi connectivity index (χ1n) is 7.53. The number of thiophene rings is 1. The smallest absolute Gasteiger partial charge is 0.0422 e. The molecule has 1 aromatic heterocycles. The van der Waals surface area contributed by atoms with Gasteiger partial charge >= 0.3 is 0 Å². The van der Waals surface area contributed by atoms with Gasteiger partial charge in [0.25, 0.3) is 0 Å². The van der Waals surface area contributed by atoms with Crippen LogP contribution in [0.5, 0.6) is 0 Å². The lowest BCUT2D eigenvalue weighted by atomic mass is 10.0. The second-order valence-corrected chi connectivity index (χ2v) is 7.18. The summed E-state index contributed by atoms with van der Waals surface area (Å²) in [6, 6.07) is 21.5. The third-order valence-corrected chi connectivity index (χ3v) is 4.33. The summed E-state index contributed by atoms with van der Waals surface area (Å²) in [6.07, 6.45) is 0. The molecule has 0 unspecified atom stereocenters. The van der Waals surface area contributed by atoms with Crippen molar-refractivity contribution in [2.75, 3.05) is 4.90 Å². The van der Waals surface area contributed by atoms with Crippen LogP contribution in [0.25, 0.3) is 11.1 Å². The van der Waals surface area contributed by atoms with Crippen LogP contribution < -0.4 is 4.90 Å². The van der Waals surface area contributed by atoms with E-state index in [-0.39, 0.29) is 5.54 Å². The summed E-state index contributed by atoms with van der Waals surface area (Å²) >= 11 is 1.74. The molecule has 0 aliphatic carbocycles. The van der Waals surface area contributed by atoms with E-state index < -0.39 is 0 Å². The second kappa shape index (κ2) is 5.98. The van der Waals surface area contributed by atoms with Crippen molar-refractivity contribution in [3.05, 3.63) is 71.4 Å². The molecule has 0 radical (unpaired) electrons. The van der Waals surface area contributed by atoms with Gasteiger partial charge in [0, 0.05) is 16.9 Å². The fourth-order valence-corrected chi connectivity index (χ4v) is 3.42. The first kappa shape index (κ1) is 14.9. The fourth-order valence-electron chi connectivity index (χ4n) is 2.75. The van der Waals surface area contributed by atoms with Crippen LogP contribution in [0.2, 0.25) is 0 Å². The first-order chi connectivity index (χ1) is 10.6. The molecule has 0 atom stereocenters. The highest BCUT2D eigenvalue weighted by Gasteiger charge is 2.23. The first-order valence-corrected chi connectivity index (χ1v) is 8.48. The van der Waals surface area contributed by atoms with Crippen molar-refractivity contribution in [3.8, 4) is 11.1 Å². The topological polar surface area (TPSA) is 3.24 Å². The van der Waals surface area contributed by atoms with Crippen molar-refractivity contribution in [3.63, 3.8) is 0 Å². The average Bonchev–Trinajstić information content (AvgIpc) is 3.02. The number of nitrogens with zero attached hydrogens (tertiary/aromatic N) is 1. The number of benzene rings is 2. The van der Waals surface area contributed by atoms with E-state index >= 15 is 0 Å². The minimum atomic E-state index is 0.00855. The molecule has 0 fully saturated rings. The lowest BCUT2D eigenvalue weighted by molar-refractivity contribution is 0.560. The van der Waals surface area contributed by atoms with E-state index in [4.69, 9.17) is 0 Å². The number of hydrogen-bond acceptors (Lipinski definition) is 2. The Hall–Kier alpha value is -2.06. The van der Waals surface area contributed by atoms with Gasteiger partial charge in [-0.3, -0.25) is 0 Å². The highest BCUT2D eigenvalue weighted by atomic mass is 32.1. The summed E-state index contributed by atoms with van der Waals surface area (Å²) in [4.78, 5) is 2.39. The van der Waals surface area contributed by atoms with Gasteiger partial charge in [-0.15, -0.1) is 0 Å². The molecule has 0 bridgehead atoms. The van der Waals surface area contributed by atoms with Crippen LogP contribution in [0.1, 0.15) is 20.8 Å². The summed E-state index contributed by atoms with van der Waals surface area (Å²) < 4.78 is 0. The maximum atomic E-state index is 2.39. The normalized spacial score (nSPS) is 11.4. The highest BCUT2D eigenvalue weighted by Crippen LogP contribution is 2.35. The van der Waals surface area contributed by atoms with Crippen molar-refractivity contribution in [2.45, 2.75) is 26.3 Å².